The van der Waals surface area contributed by atoms with Crippen LogP contribution in [0.5, 0.6) is 11.5 Å². The Morgan fingerprint density at radius 2 is 1.89 bits per heavy atom. The standard InChI is InChI=1S/C27H45N3O6/c1-7-8-12-29-22(17-31)19(4)15-23(32)21(16-30-18(2)3)25-20(27(28)33)10-11-24(35-6)26(25)36-14-9-13-34-5/h10-11,18-19,21,23,29-30,32H,7-9,12-16H2,1-6H3,(H2,28,33)/t19-,21+,23+/m1/s1. The minimum absolute atomic E-state index is 0.131. The molecule has 0 fully saturated rings. The van der Waals surface area contributed by atoms with Crippen molar-refractivity contribution in [2.24, 2.45) is 11.7 Å². The summed E-state index contributed by atoms with van der Waals surface area (Å²) >= 11 is 0. The molecule has 0 heterocycles. The summed E-state index contributed by atoms with van der Waals surface area (Å²) in [4.78, 5) is 24.1. The number of allylic oxidation sites excluding steroid dienone is 1. The number of rotatable bonds is 19. The van der Waals surface area contributed by atoms with Crippen LogP contribution in [0.4, 0.5) is 0 Å². The van der Waals surface area contributed by atoms with Crippen LogP contribution in [0.2, 0.25) is 0 Å². The quantitative estimate of drug-likeness (QED) is 0.166. The number of hydrogen-bond acceptors (Lipinski definition) is 8. The number of nitrogens with two attached hydrogens (primary N) is 1. The fourth-order valence-electron chi connectivity index (χ4n) is 4.00. The first-order chi connectivity index (χ1) is 17.2. The second-order valence-electron chi connectivity index (χ2n) is 9.29. The first-order valence-electron chi connectivity index (χ1n) is 12.7. The average Bonchev–Trinajstić information content (AvgIpc) is 2.84. The van der Waals surface area contributed by atoms with Crippen LogP contribution in [0.1, 0.15) is 75.2 Å². The van der Waals surface area contributed by atoms with Gasteiger partial charge < -0.3 is 35.7 Å². The van der Waals surface area contributed by atoms with E-state index in [0.29, 0.717) is 55.5 Å². The summed E-state index contributed by atoms with van der Waals surface area (Å²) in [6.07, 6.45) is 1.90. The minimum atomic E-state index is -0.922. The maximum absolute atomic E-state index is 12.5. The van der Waals surface area contributed by atoms with Crippen LogP contribution in [0.25, 0.3) is 0 Å². The molecule has 9 heteroatoms. The van der Waals surface area contributed by atoms with E-state index in [1.165, 1.54) is 7.11 Å². The highest BCUT2D eigenvalue weighted by molar-refractivity contribution is 5.95. The molecule has 1 rings (SSSR count). The molecule has 0 aliphatic carbocycles. The molecule has 0 bridgehead atoms. The lowest BCUT2D eigenvalue weighted by molar-refractivity contribution is 0.0988. The molecule has 3 atom stereocenters. The molecule has 1 aromatic rings. The van der Waals surface area contributed by atoms with Crippen molar-refractivity contribution < 1.29 is 28.9 Å². The summed E-state index contributed by atoms with van der Waals surface area (Å²) in [5, 5.41) is 18.0. The number of methoxy groups -OCH3 is 2. The number of aliphatic hydroxyl groups excluding tert-OH is 1. The molecule has 0 aromatic heterocycles. The number of primary amides is 1. The number of benzene rings is 1. The minimum Gasteiger partial charge on any atom is -0.493 e. The Morgan fingerprint density at radius 3 is 2.44 bits per heavy atom. The van der Waals surface area contributed by atoms with Gasteiger partial charge in [0.15, 0.2) is 11.5 Å². The van der Waals surface area contributed by atoms with Crippen LogP contribution in [0.15, 0.2) is 17.8 Å². The van der Waals surface area contributed by atoms with Crippen LogP contribution >= 0.6 is 0 Å². The Labute approximate surface area is 215 Å². The van der Waals surface area contributed by atoms with Crippen molar-refractivity contribution in [3.63, 3.8) is 0 Å². The third-order valence-electron chi connectivity index (χ3n) is 6.01. The van der Waals surface area contributed by atoms with Crippen molar-refractivity contribution in [2.45, 2.75) is 71.4 Å². The molecular formula is C27H45N3O6. The molecular weight excluding hydrogens is 462 g/mol. The summed E-state index contributed by atoms with van der Waals surface area (Å²) in [5.41, 5.74) is 6.93. The zero-order valence-electron chi connectivity index (χ0n) is 22.7. The van der Waals surface area contributed by atoms with Gasteiger partial charge in [-0.25, -0.2) is 4.79 Å². The monoisotopic (exact) mass is 507 g/mol. The fourth-order valence-corrected chi connectivity index (χ4v) is 4.00. The lowest BCUT2D eigenvalue weighted by Gasteiger charge is -2.30. The Morgan fingerprint density at radius 1 is 1.17 bits per heavy atom. The maximum atomic E-state index is 12.5. The summed E-state index contributed by atoms with van der Waals surface area (Å²) in [7, 11) is 3.14. The maximum Gasteiger partial charge on any atom is 0.249 e. The van der Waals surface area contributed by atoms with Crippen LogP contribution in [0, 0.1) is 5.92 Å². The van der Waals surface area contributed by atoms with Crippen molar-refractivity contribution in [2.75, 3.05) is 40.5 Å². The van der Waals surface area contributed by atoms with E-state index in [0.717, 1.165) is 12.8 Å². The van der Waals surface area contributed by atoms with Gasteiger partial charge in [-0.2, -0.15) is 0 Å². The first-order valence-corrected chi connectivity index (χ1v) is 12.7. The molecule has 36 heavy (non-hydrogen) atoms. The number of nitrogens with one attached hydrogen (secondary N) is 2. The van der Waals surface area contributed by atoms with E-state index >= 15 is 0 Å². The molecule has 9 nitrogen and oxygen atoms in total. The summed E-state index contributed by atoms with van der Waals surface area (Å²) < 4.78 is 16.8. The smallest absolute Gasteiger partial charge is 0.249 e. The third-order valence-corrected chi connectivity index (χ3v) is 6.01. The van der Waals surface area contributed by atoms with Crippen molar-refractivity contribution in [1.29, 1.82) is 0 Å². The summed E-state index contributed by atoms with van der Waals surface area (Å²) in [5.74, 6) is 1.35. The second-order valence-corrected chi connectivity index (χ2v) is 9.29. The average molecular weight is 508 g/mol. The van der Waals surface area contributed by atoms with Gasteiger partial charge in [-0.15, -0.1) is 0 Å². The van der Waals surface area contributed by atoms with Crippen molar-refractivity contribution >= 4 is 11.8 Å². The van der Waals surface area contributed by atoms with Crippen molar-refractivity contribution in [1.82, 2.24) is 10.6 Å². The normalized spacial score (nSPS) is 13.6. The highest BCUT2D eigenvalue weighted by Crippen LogP contribution is 2.41. The lowest BCUT2D eigenvalue weighted by Crippen LogP contribution is -2.36. The van der Waals surface area contributed by atoms with Gasteiger partial charge in [0.1, 0.15) is 5.94 Å². The molecule has 1 amide bonds. The van der Waals surface area contributed by atoms with Gasteiger partial charge in [-0.05, 0) is 25.0 Å². The number of unbranched alkanes of at least 4 members (excludes halogenated alkanes) is 1. The molecule has 204 valence electrons. The topological polar surface area (TPSA) is 132 Å². The van der Waals surface area contributed by atoms with Crippen molar-refractivity contribution in [3.8, 4) is 11.5 Å². The van der Waals surface area contributed by atoms with E-state index in [1.54, 1.807) is 19.2 Å². The van der Waals surface area contributed by atoms with Crippen LogP contribution in [0.3, 0.4) is 0 Å². The number of carbonyl (C=O) groups is 1. The molecule has 0 spiro atoms. The van der Waals surface area contributed by atoms with Gasteiger partial charge in [-0.3, -0.25) is 4.79 Å². The molecule has 5 N–H and O–H groups in total. The predicted octanol–water partition coefficient (Wildman–Crippen LogP) is 2.78. The molecule has 1 aromatic carbocycles. The molecule has 0 saturated heterocycles. The van der Waals surface area contributed by atoms with Gasteiger partial charge in [-0.1, -0.05) is 34.1 Å². The lowest BCUT2D eigenvalue weighted by atomic mass is 9.83. The van der Waals surface area contributed by atoms with Gasteiger partial charge in [0.25, 0.3) is 0 Å². The van der Waals surface area contributed by atoms with Crippen LogP contribution in [-0.2, 0) is 9.53 Å². The van der Waals surface area contributed by atoms with E-state index in [-0.39, 0.29) is 23.9 Å². The van der Waals surface area contributed by atoms with E-state index in [9.17, 15) is 14.7 Å². The molecule has 0 aliphatic heterocycles. The Kier molecular flexibility index (Phi) is 14.8. The highest BCUT2D eigenvalue weighted by atomic mass is 16.5. The van der Waals surface area contributed by atoms with E-state index in [2.05, 4.69) is 17.6 Å². The van der Waals surface area contributed by atoms with Gasteiger partial charge in [0.05, 0.1) is 25.5 Å². The number of amides is 1. The van der Waals surface area contributed by atoms with Gasteiger partial charge in [0, 0.05) is 62.2 Å². The zero-order valence-corrected chi connectivity index (χ0v) is 22.7. The summed E-state index contributed by atoms with van der Waals surface area (Å²) in [6.45, 7) is 9.81. The Hall–Kier alpha value is -2.58. The highest BCUT2D eigenvalue weighted by Gasteiger charge is 2.32. The largest absolute Gasteiger partial charge is 0.493 e. The van der Waals surface area contributed by atoms with Gasteiger partial charge >= 0.3 is 0 Å². The second kappa shape index (κ2) is 17.0. The van der Waals surface area contributed by atoms with E-state index in [4.69, 9.17) is 19.9 Å². The van der Waals surface area contributed by atoms with E-state index < -0.39 is 17.9 Å². The fraction of sp³-hybridized carbons (Fsp3) is 0.667. The predicted molar refractivity (Wildman–Crippen MR) is 141 cm³/mol. The number of carbonyl (C=O) groups excluding carboxylic acids is 2. The summed E-state index contributed by atoms with van der Waals surface area (Å²) in [6, 6.07) is 3.37. The Bertz CT molecular complexity index is 854. The van der Waals surface area contributed by atoms with Crippen LogP contribution in [-0.4, -0.2) is 69.6 Å². The van der Waals surface area contributed by atoms with Crippen molar-refractivity contribution in [3.05, 3.63) is 29.0 Å². The zero-order chi connectivity index (χ0) is 27.1. The number of hydrogen-bond donors (Lipinski definition) is 4. The Balaban J connectivity index is 3.45. The third kappa shape index (κ3) is 9.82. The van der Waals surface area contributed by atoms with Crippen LogP contribution < -0.4 is 25.8 Å². The molecule has 0 aliphatic rings. The molecule has 0 radical (unpaired) electrons. The number of ether oxygens (including phenoxy) is 3. The molecule has 0 saturated carbocycles. The first kappa shape index (κ1) is 31.4. The number of aliphatic hydroxyl groups is 1. The molecule has 0 unspecified atom stereocenters. The SMILES string of the molecule is CCCCNC(=C=O)[C@H](C)C[C@H](O)[C@H](CNC(C)C)c1c(C(N)=O)ccc(OC)c1OCCCOC. The van der Waals surface area contributed by atoms with Gasteiger partial charge in [0.2, 0.25) is 5.91 Å². The van der Waals surface area contributed by atoms with E-state index in [1.807, 2.05) is 26.7 Å².